The van der Waals surface area contributed by atoms with Gasteiger partial charge in [0.05, 0.1) is 25.3 Å². The van der Waals surface area contributed by atoms with Gasteiger partial charge in [0, 0.05) is 5.69 Å². The van der Waals surface area contributed by atoms with Crippen molar-refractivity contribution in [3.8, 4) is 5.75 Å². The molecule has 2 N–H and O–H groups in total. The van der Waals surface area contributed by atoms with Gasteiger partial charge in [0.1, 0.15) is 18.8 Å². The molecule has 0 saturated carbocycles. The molecule has 0 bridgehead atoms. The Hall–Kier alpha value is -1.30. The van der Waals surface area contributed by atoms with Gasteiger partial charge >= 0.3 is 0 Å². The number of nitrogens with one attached hydrogen (secondary N) is 2. The first kappa shape index (κ1) is 14.1. The van der Waals surface area contributed by atoms with Crippen molar-refractivity contribution < 1.29 is 19.2 Å². The molecule has 0 unspecified atom stereocenters. The second-order valence-corrected chi connectivity index (χ2v) is 4.84. The summed E-state index contributed by atoms with van der Waals surface area (Å²) in [6.45, 7) is 3.63. The summed E-state index contributed by atoms with van der Waals surface area (Å²) in [6.07, 6.45) is 0. The second-order valence-electron chi connectivity index (χ2n) is 4.44. The number of anilines is 1. The molecule has 1 amide bonds. The minimum Gasteiger partial charge on any atom is -0.495 e. The number of carbonyl (C=O) groups excluding carboxylic acids is 1. The summed E-state index contributed by atoms with van der Waals surface area (Å²) in [7, 11) is 1.56. The summed E-state index contributed by atoms with van der Waals surface area (Å²) in [4.78, 5) is 13.1. The van der Waals surface area contributed by atoms with E-state index >= 15 is 0 Å². The summed E-state index contributed by atoms with van der Waals surface area (Å²) in [6, 6.07) is 5.20. The fourth-order valence-corrected chi connectivity index (χ4v) is 2.27. The van der Waals surface area contributed by atoms with Crippen LogP contribution in [0.1, 0.15) is 0 Å². The second kappa shape index (κ2) is 6.75. The average molecular weight is 286 g/mol. The van der Waals surface area contributed by atoms with Gasteiger partial charge in [-0.2, -0.15) is 0 Å². The van der Waals surface area contributed by atoms with Gasteiger partial charge in [-0.1, -0.05) is 11.6 Å². The highest BCUT2D eigenvalue weighted by molar-refractivity contribution is 6.32. The maximum Gasteiger partial charge on any atom is 0.279 e. The van der Waals surface area contributed by atoms with Gasteiger partial charge in [-0.25, -0.2) is 0 Å². The van der Waals surface area contributed by atoms with Crippen molar-refractivity contribution >= 4 is 23.2 Å². The Morgan fingerprint density at radius 2 is 2.21 bits per heavy atom. The Kier molecular flexibility index (Phi) is 5.01. The van der Waals surface area contributed by atoms with Gasteiger partial charge in [0.15, 0.2) is 6.54 Å². The van der Waals surface area contributed by atoms with Crippen LogP contribution in [0.5, 0.6) is 5.75 Å². The summed E-state index contributed by atoms with van der Waals surface area (Å²) < 4.78 is 10.3. The first-order chi connectivity index (χ1) is 9.19. The van der Waals surface area contributed by atoms with Gasteiger partial charge in [-0.05, 0) is 18.2 Å². The van der Waals surface area contributed by atoms with Crippen LogP contribution in [0.3, 0.4) is 0 Å². The zero-order valence-corrected chi connectivity index (χ0v) is 11.6. The van der Waals surface area contributed by atoms with E-state index in [1.807, 2.05) is 0 Å². The number of halogens is 1. The van der Waals surface area contributed by atoms with Crippen molar-refractivity contribution in [3.05, 3.63) is 23.2 Å². The number of rotatable bonds is 4. The van der Waals surface area contributed by atoms with E-state index in [2.05, 4.69) is 5.32 Å². The Labute approximate surface area is 117 Å². The van der Waals surface area contributed by atoms with Gasteiger partial charge in [-0.15, -0.1) is 0 Å². The monoisotopic (exact) mass is 285 g/mol. The number of ether oxygens (including phenoxy) is 2. The molecule has 1 fully saturated rings. The SMILES string of the molecule is COc1ccc(NC(=O)C[NH+]2CCOCC2)cc1Cl. The maximum absolute atomic E-state index is 11.9. The predicted octanol–water partition coefficient (Wildman–Crippen LogP) is 0.202. The number of morpholine rings is 1. The van der Waals surface area contributed by atoms with Crippen LogP contribution in [-0.4, -0.2) is 45.9 Å². The number of hydrogen-bond acceptors (Lipinski definition) is 3. The van der Waals surface area contributed by atoms with E-state index in [0.29, 0.717) is 23.0 Å². The quantitative estimate of drug-likeness (QED) is 0.831. The topological polar surface area (TPSA) is 52.0 Å². The van der Waals surface area contributed by atoms with E-state index in [4.69, 9.17) is 21.1 Å². The van der Waals surface area contributed by atoms with Crippen molar-refractivity contribution in [3.63, 3.8) is 0 Å². The van der Waals surface area contributed by atoms with Crippen molar-refractivity contribution in [1.29, 1.82) is 0 Å². The standard InChI is InChI=1S/C13H17ClN2O3/c1-18-12-3-2-10(8-11(12)14)15-13(17)9-16-4-6-19-7-5-16/h2-3,8H,4-7,9H2,1H3,(H,15,17)/p+1. The Bertz CT molecular complexity index is 448. The Morgan fingerprint density at radius 3 is 2.84 bits per heavy atom. The van der Waals surface area contributed by atoms with Gasteiger partial charge in [-0.3, -0.25) is 4.79 Å². The molecule has 0 aliphatic carbocycles. The van der Waals surface area contributed by atoms with Crippen LogP contribution in [0.15, 0.2) is 18.2 Å². The van der Waals surface area contributed by atoms with Gasteiger partial charge in [0.25, 0.3) is 5.91 Å². The number of carbonyl (C=O) groups is 1. The third kappa shape index (κ3) is 4.09. The molecule has 104 valence electrons. The smallest absolute Gasteiger partial charge is 0.279 e. The number of amides is 1. The summed E-state index contributed by atoms with van der Waals surface area (Å²) in [5.41, 5.74) is 0.684. The highest BCUT2D eigenvalue weighted by Gasteiger charge is 2.17. The van der Waals surface area contributed by atoms with Crippen molar-refractivity contribution in [1.82, 2.24) is 0 Å². The van der Waals surface area contributed by atoms with Crippen LogP contribution < -0.4 is 15.0 Å². The highest BCUT2D eigenvalue weighted by Crippen LogP contribution is 2.26. The minimum atomic E-state index is -0.0156. The van der Waals surface area contributed by atoms with E-state index in [1.54, 1.807) is 25.3 Å². The first-order valence-corrected chi connectivity index (χ1v) is 6.61. The van der Waals surface area contributed by atoms with Crippen LogP contribution in [-0.2, 0) is 9.53 Å². The zero-order valence-electron chi connectivity index (χ0n) is 10.9. The van der Waals surface area contributed by atoms with Gasteiger partial charge < -0.3 is 19.7 Å². The molecule has 2 rings (SSSR count). The molecule has 1 saturated heterocycles. The molecule has 0 radical (unpaired) electrons. The predicted molar refractivity (Wildman–Crippen MR) is 73.0 cm³/mol. The van der Waals surface area contributed by atoms with Crippen LogP contribution in [0, 0.1) is 0 Å². The summed E-state index contributed by atoms with van der Waals surface area (Å²) in [5.74, 6) is 0.580. The van der Waals surface area contributed by atoms with E-state index in [0.717, 1.165) is 26.3 Å². The largest absolute Gasteiger partial charge is 0.495 e. The van der Waals surface area contributed by atoms with E-state index in [9.17, 15) is 4.79 Å². The Morgan fingerprint density at radius 1 is 1.47 bits per heavy atom. The number of hydrogen-bond donors (Lipinski definition) is 2. The number of methoxy groups -OCH3 is 1. The average Bonchev–Trinajstić information content (AvgIpc) is 2.40. The van der Waals surface area contributed by atoms with Crippen LogP contribution in [0.2, 0.25) is 5.02 Å². The van der Waals surface area contributed by atoms with Crippen LogP contribution in [0.25, 0.3) is 0 Å². The van der Waals surface area contributed by atoms with Crippen LogP contribution in [0.4, 0.5) is 5.69 Å². The molecule has 19 heavy (non-hydrogen) atoms. The van der Waals surface area contributed by atoms with Crippen molar-refractivity contribution in [2.45, 2.75) is 0 Å². The first-order valence-electron chi connectivity index (χ1n) is 6.24. The number of quaternary nitrogens is 1. The zero-order chi connectivity index (χ0) is 13.7. The molecule has 1 aliphatic heterocycles. The van der Waals surface area contributed by atoms with E-state index in [-0.39, 0.29) is 5.91 Å². The van der Waals surface area contributed by atoms with Crippen LogP contribution >= 0.6 is 11.6 Å². The van der Waals surface area contributed by atoms with Crippen molar-refractivity contribution in [2.24, 2.45) is 0 Å². The molecule has 1 aliphatic rings. The molecule has 0 atom stereocenters. The lowest BCUT2D eigenvalue weighted by Gasteiger charge is -2.23. The summed E-state index contributed by atoms with van der Waals surface area (Å²) >= 11 is 6.01. The molecule has 1 aromatic carbocycles. The lowest BCUT2D eigenvalue weighted by atomic mass is 10.3. The molecular weight excluding hydrogens is 268 g/mol. The molecule has 0 spiro atoms. The van der Waals surface area contributed by atoms with Crippen molar-refractivity contribution in [2.75, 3.05) is 45.3 Å². The van der Waals surface area contributed by atoms with Gasteiger partial charge in [0.2, 0.25) is 0 Å². The molecule has 0 aromatic heterocycles. The molecule has 1 aromatic rings. The van der Waals surface area contributed by atoms with E-state index < -0.39 is 0 Å². The summed E-state index contributed by atoms with van der Waals surface area (Å²) in [5, 5.41) is 3.33. The molecular formula is C13H18ClN2O3+. The fourth-order valence-electron chi connectivity index (χ4n) is 2.01. The maximum atomic E-state index is 11.9. The normalized spacial score (nSPS) is 16.1. The third-order valence-corrected chi connectivity index (χ3v) is 3.34. The third-order valence-electron chi connectivity index (χ3n) is 3.05. The lowest BCUT2D eigenvalue weighted by molar-refractivity contribution is -0.899. The lowest BCUT2D eigenvalue weighted by Crippen LogP contribution is -3.15. The van der Waals surface area contributed by atoms with E-state index in [1.165, 1.54) is 4.90 Å². The minimum absolute atomic E-state index is 0.0156. The molecule has 5 nitrogen and oxygen atoms in total. The fraction of sp³-hybridized carbons (Fsp3) is 0.462. The number of benzene rings is 1. The Balaban J connectivity index is 1.89. The molecule has 6 heteroatoms. The molecule has 1 heterocycles. The highest BCUT2D eigenvalue weighted by atomic mass is 35.5.